The van der Waals surface area contributed by atoms with Crippen LogP contribution in [0.1, 0.15) is 45.8 Å². The first-order valence-electron chi connectivity index (χ1n) is 12.6. The van der Waals surface area contributed by atoms with E-state index in [1.807, 2.05) is 12.1 Å². The summed E-state index contributed by atoms with van der Waals surface area (Å²) in [7, 11) is 0. The van der Waals surface area contributed by atoms with Gasteiger partial charge in [-0.15, -0.1) is 0 Å². The maximum atomic E-state index is 6.39. The van der Waals surface area contributed by atoms with Crippen molar-refractivity contribution < 1.29 is 0 Å². The van der Waals surface area contributed by atoms with Crippen molar-refractivity contribution in [3.8, 4) is 11.1 Å². The van der Waals surface area contributed by atoms with Crippen molar-refractivity contribution in [2.45, 2.75) is 23.4 Å². The van der Waals surface area contributed by atoms with Gasteiger partial charge in [0.15, 0.2) is 0 Å². The van der Waals surface area contributed by atoms with Gasteiger partial charge < -0.3 is 5.32 Å². The molecule has 3 atom stereocenters. The monoisotopic (exact) mass is 483 g/mol. The van der Waals surface area contributed by atoms with Crippen molar-refractivity contribution in [3.05, 3.63) is 166 Å². The second-order valence-electron chi connectivity index (χ2n) is 9.89. The maximum Gasteiger partial charge on any atom is 0.0496 e. The Bertz CT molecular complexity index is 1480. The van der Waals surface area contributed by atoms with Gasteiger partial charge in [0.2, 0.25) is 0 Å². The van der Waals surface area contributed by atoms with E-state index < -0.39 is 0 Å². The molecule has 0 bridgehead atoms. The molecule has 0 aromatic heterocycles. The van der Waals surface area contributed by atoms with Crippen LogP contribution in [0.5, 0.6) is 0 Å². The molecule has 1 heterocycles. The summed E-state index contributed by atoms with van der Waals surface area (Å²) in [6, 6.07) is 48.6. The first-order valence-corrected chi connectivity index (χ1v) is 13.0. The molecule has 5 aromatic carbocycles. The van der Waals surface area contributed by atoms with Crippen LogP contribution in [0.2, 0.25) is 5.02 Å². The van der Waals surface area contributed by atoms with Crippen LogP contribution in [-0.2, 0) is 5.41 Å². The number of halogens is 1. The first kappa shape index (κ1) is 21.6. The average Bonchev–Trinajstić information content (AvgIpc) is 3.45. The predicted octanol–water partition coefficient (Wildman–Crippen LogP) is 8.48. The summed E-state index contributed by atoms with van der Waals surface area (Å²) in [6.45, 7) is 0. The second kappa shape index (κ2) is 8.48. The molecule has 0 unspecified atom stereocenters. The van der Waals surface area contributed by atoms with E-state index in [1.165, 1.54) is 38.9 Å². The molecular formula is C34H26ClN. The molecule has 0 radical (unpaired) electrons. The van der Waals surface area contributed by atoms with Gasteiger partial charge in [-0.05, 0) is 51.1 Å². The lowest BCUT2D eigenvalue weighted by Crippen LogP contribution is -2.36. The number of rotatable bonds is 3. The molecule has 7 rings (SSSR count). The smallest absolute Gasteiger partial charge is 0.0496 e. The SMILES string of the molecule is Clc1ccc([C@@H]2[C@@H](c3ccccc3)N[C@H](c3ccccc3)C23c2ccccc2-c2ccccc23)cc1. The summed E-state index contributed by atoms with van der Waals surface area (Å²) in [5, 5.41) is 4.93. The summed E-state index contributed by atoms with van der Waals surface area (Å²) in [6.07, 6.45) is 0. The van der Waals surface area contributed by atoms with Gasteiger partial charge in [-0.3, -0.25) is 0 Å². The molecule has 174 valence electrons. The van der Waals surface area contributed by atoms with Gasteiger partial charge in [-0.2, -0.15) is 0 Å². The summed E-state index contributed by atoms with van der Waals surface area (Å²) in [4.78, 5) is 0. The van der Waals surface area contributed by atoms with Crippen LogP contribution in [0.4, 0.5) is 0 Å². The van der Waals surface area contributed by atoms with Crippen molar-refractivity contribution >= 4 is 11.6 Å². The van der Waals surface area contributed by atoms with Gasteiger partial charge >= 0.3 is 0 Å². The van der Waals surface area contributed by atoms with Crippen molar-refractivity contribution in [1.29, 1.82) is 0 Å². The Kier molecular flexibility index (Phi) is 5.09. The maximum absolute atomic E-state index is 6.39. The third-order valence-electron chi connectivity index (χ3n) is 8.18. The molecule has 1 nitrogen and oxygen atoms in total. The third-order valence-corrected chi connectivity index (χ3v) is 8.43. The Hall–Kier alpha value is -3.65. The molecular weight excluding hydrogens is 458 g/mol. The van der Waals surface area contributed by atoms with Gasteiger partial charge in [-0.25, -0.2) is 0 Å². The quantitative estimate of drug-likeness (QED) is 0.271. The fourth-order valence-electron chi connectivity index (χ4n) is 6.88. The summed E-state index contributed by atoms with van der Waals surface area (Å²) in [5.41, 5.74) is 9.08. The summed E-state index contributed by atoms with van der Waals surface area (Å²) in [5.74, 6) is 0.159. The number of hydrogen-bond donors (Lipinski definition) is 1. The van der Waals surface area contributed by atoms with Gasteiger partial charge in [0, 0.05) is 28.4 Å². The van der Waals surface area contributed by atoms with E-state index in [4.69, 9.17) is 11.6 Å². The minimum absolute atomic E-state index is 0.0920. The van der Waals surface area contributed by atoms with Crippen LogP contribution in [0.3, 0.4) is 0 Å². The lowest BCUT2D eigenvalue weighted by atomic mass is 9.61. The molecule has 1 spiro atoms. The highest BCUT2D eigenvalue weighted by molar-refractivity contribution is 6.30. The Morgan fingerprint density at radius 1 is 0.500 bits per heavy atom. The van der Waals surface area contributed by atoms with Crippen molar-refractivity contribution in [1.82, 2.24) is 5.32 Å². The molecule has 2 aliphatic rings. The minimum atomic E-state index is -0.289. The van der Waals surface area contributed by atoms with E-state index in [0.29, 0.717) is 0 Å². The van der Waals surface area contributed by atoms with Crippen LogP contribution >= 0.6 is 11.6 Å². The molecule has 1 fully saturated rings. The zero-order valence-corrected chi connectivity index (χ0v) is 20.6. The topological polar surface area (TPSA) is 12.0 Å². The van der Waals surface area contributed by atoms with Gasteiger partial charge in [0.05, 0.1) is 0 Å². The number of benzene rings is 5. The Balaban J connectivity index is 1.60. The van der Waals surface area contributed by atoms with Crippen LogP contribution < -0.4 is 5.32 Å². The molecule has 5 aromatic rings. The normalized spacial score (nSPS) is 21.3. The lowest BCUT2D eigenvalue weighted by Gasteiger charge is -2.40. The molecule has 1 aliphatic heterocycles. The molecule has 0 saturated carbocycles. The standard InChI is InChI=1S/C34H26ClN/c35-26-21-19-23(20-22-26)31-32(24-11-3-1-4-12-24)36-33(25-13-5-2-6-14-25)34(31)29-17-9-7-15-27(29)28-16-8-10-18-30(28)34/h1-22,31-33,36H/t31-,32-,33-/m1/s1. The van der Waals surface area contributed by atoms with Gasteiger partial charge in [-0.1, -0.05) is 133 Å². The highest BCUT2D eigenvalue weighted by Gasteiger charge is 2.61. The number of hydrogen-bond acceptors (Lipinski definition) is 1. The van der Waals surface area contributed by atoms with E-state index in [0.717, 1.165) is 5.02 Å². The first-order chi connectivity index (χ1) is 17.8. The second-order valence-corrected chi connectivity index (χ2v) is 10.3. The largest absolute Gasteiger partial charge is 0.301 e. The molecule has 36 heavy (non-hydrogen) atoms. The van der Waals surface area contributed by atoms with Crippen molar-refractivity contribution in [2.24, 2.45) is 0 Å². The van der Waals surface area contributed by atoms with Gasteiger partial charge in [0.1, 0.15) is 0 Å². The molecule has 1 saturated heterocycles. The van der Waals surface area contributed by atoms with Crippen LogP contribution in [0.15, 0.2) is 133 Å². The molecule has 0 amide bonds. The Labute approximate surface area is 217 Å². The molecule has 1 aliphatic carbocycles. The fraction of sp³-hybridized carbons (Fsp3) is 0.118. The van der Waals surface area contributed by atoms with Crippen LogP contribution in [0.25, 0.3) is 11.1 Å². The predicted molar refractivity (Wildman–Crippen MR) is 148 cm³/mol. The summed E-state index contributed by atoms with van der Waals surface area (Å²) >= 11 is 6.39. The van der Waals surface area contributed by atoms with E-state index in [1.54, 1.807) is 0 Å². The molecule has 1 N–H and O–H groups in total. The molecule has 2 heteroatoms. The van der Waals surface area contributed by atoms with Gasteiger partial charge in [0.25, 0.3) is 0 Å². The van der Waals surface area contributed by atoms with E-state index in [9.17, 15) is 0 Å². The summed E-state index contributed by atoms with van der Waals surface area (Å²) < 4.78 is 0. The highest BCUT2D eigenvalue weighted by Crippen LogP contribution is 2.67. The fourth-order valence-corrected chi connectivity index (χ4v) is 7.00. The Morgan fingerprint density at radius 2 is 1.00 bits per heavy atom. The van der Waals surface area contributed by atoms with Crippen LogP contribution in [-0.4, -0.2) is 0 Å². The minimum Gasteiger partial charge on any atom is -0.301 e. The zero-order chi connectivity index (χ0) is 24.1. The average molecular weight is 484 g/mol. The number of fused-ring (bicyclic) bond motifs is 5. The van der Waals surface area contributed by atoms with Crippen molar-refractivity contribution in [2.75, 3.05) is 0 Å². The highest BCUT2D eigenvalue weighted by atomic mass is 35.5. The van der Waals surface area contributed by atoms with E-state index in [2.05, 4.69) is 127 Å². The van der Waals surface area contributed by atoms with Crippen molar-refractivity contribution in [3.63, 3.8) is 0 Å². The Morgan fingerprint density at radius 3 is 1.58 bits per heavy atom. The van der Waals surface area contributed by atoms with Crippen LogP contribution in [0, 0.1) is 0 Å². The zero-order valence-electron chi connectivity index (χ0n) is 19.8. The number of nitrogens with one attached hydrogen (secondary N) is 1. The lowest BCUT2D eigenvalue weighted by molar-refractivity contribution is 0.420. The van der Waals surface area contributed by atoms with E-state index in [-0.39, 0.29) is 23.4 Å². The third kappa shape index (κ3) is 3.07. The van der Waals surface area contributed by atoms with E-state index >= 15 is 0 Å².